The normalized spacial score (nSPS) is 17.0. The van der Waals surface area contributed by atoms with Gasteiger partial charge in [-0.15, -0.1) is 11.3 Å². The van der Waals surface area contributed by atoms with E-state index < -0.39 is 6.04 Å². The molecule has 1 aliphatic heterocycles. The van der Waals surface area contributed by atoms with Gasteiger partial charge in [0.1, 0.15) is 22.4 Å². The van der Waals surface area contributed by atoms with E-state index in [1.54, 1.807) is 48.1 Å². The van der Waals surface area contributed by atoms with Crippen molar-refractivity contribution in [1.29, 1.82) is 0 Å². The van der Waals surface area contributed by atoms with Crippen molar-refractivity contribution in [2.45, 2.75) is 58.0 Å². The number of methoxy groups -OCH3 is 1. The van der Waals surface area contributed by atoms with Crippen LogP contribution in [0.15, 0.2) is 23.0 Å². The highest BCUT2D eigenvalue weighted by Crippen LogP contribution is 2.34. The molecule has 1 N–H and O–H groups in total. The Morgan fingerprint density at radius 2 is 2.00 bits per heavy atom. The number of hydrogen-bond donors (Lipinski definition) is 1. The molecule has 0 spiro atoms. The first-order valence-electron chi connectivity index (χ1n) is 11.9. The van der Waals surface area contributed by atoms with E-state index in [9.17, 15) is 9.59 Å². The number of aryl methyl sites for hydroxylation is 2. The van der Waals surface area contributed by atoms with E-state index in [-0.39, 0.29) is 11.5 Å². The Hall–Kier alpha value is -2.42. The van der Waals surface area contributed by atoms with Gasteiger partial charge in [-0.05, 0) is 82.3 Å². The fourth-order valence-corrected chi connectivity index (χ4v) is 6.49. The third kappa shape index (κ3) is 4.34. The fraction of sp³-hybridized carbons (Fsp3) is 0.480. The quantitative estimate of drug-likeness (QED) is 0.526. The summed E-state index contributed by atoms with van der Waals surface area (Å²) in [6.45, 7) is 4.28. The Morgan fingerprint density at radius 3 is 2.76 bits per heavy atom. The summed E-state index contributed by atoms with van der Waals surface area (Å²) in [6, 6.07) is 4.31. The van der Waals surface area contributed by atoms with Gasteiger partial charge in [-0.25, -0.2) is 4.98 Å². The van der Waals surface area contributed by atoms with Crippen molar-refractivity contribution in [1.82, 2.24) is 14.5 Å². The number of carbonyl (C=O) groups is 1. The van der Waals surface area contributed by atoms with E-state index in [0.717, 1.165) is 62.0 Å². The average Bonchev–Trinajstić information content (AvgIpc) is 3.46. The molecule has 2 aliphatic rings. The van der Waals surface area contributed by atoms with Crippen molar-refractivity contribution < 1.29 is 9.53 Å². The average molecular weight is 501 g/mol. The number of amides is 1. The Kier molecular flexibility index (Phi) is 6.64. The van der Waals surface area contributed by atoms with E-state index >= 15 is 0 Å². The van der Waals surface area contributed by atoms with Gasteiger partial charge in [0.25, 0.3) is 5.56 Å². The van der Waals surface area contributed by atoms with Gasteiger partial charge in [0, 0.05) is 9.90 Å². The number of anilines is 1. The minimum atomic E-state index is -0.746. The Bertz CT molecular complexity index is 1300. The third-order valence-corrected chi connectivity index (χ3v) is 8.26. The predicted molar refractivity (Wildman–Crippen MR) is 136 cm³/mol. The van der Waals surface area contributed by atoms with Crippen molar-refractivity contribution in [3.05, 3.63) is 49.8 Å². The van der Waals surface area contributed by atoms with Crippen LogP contribution in [0.3, 0.4) is 0 Å². The molecular formula is C25H29ClN4O3S. The summed E-state index contributed by atoms with van der Waals surface area (Å²) >= 11 is 7.79. The van der Waals surface area contributed by atoms with Crippen LogP contribution >= 0.6 is 22.9 Å². The summed E-state index contributed by atoms with van der Waals surface area (Å²) in [5.74, 6) is 0.851. The lowest BCUT2D eigenvalue weighted by atomic mass is 9.97. The van der Waals surface area contributed by atoms with Crippen molar-refractivity contribution in [2.24, 2.45) is 0 Å². The number of likely N-dealkylation sites (tertiary alicyclic amines) is 1. The molecule has 1 unspecified atom stereocenters. The standard InChI is InChI=1S/C25H29ClN4O3S/c1-15(23(31)27-18-13-16(26)9-10-19(18)33-2)30-21(14-29-11-5-6-12-29)28-24-22(25(30)32)17-7-3-4-8-20(17)34-24/h9-10,13,15H,3-8,11-12,14H2,1-2H3,(H,27,31). The molecule has 1 aliphatic carbocycles. The number of ether oxygens (including phenoxy) is 1. The molecule has 9 heteroatoms. The largest absolute Gasteiger partial charge is 0.495 e. The first-order chi connectivity index (χ1) is 16.5. The van der Waals surface area contributed by atoms with E-state index in [4.69, 9.17) is 21.3 Å². The summed E-state index contributed by atoms with van der Waals surface area (Å²) in [6.07, 6.45) is 6.42. The highest BCUT2D eigenvalue weighted by Gasteiger charge is 2.28. The second kappa shape index (κ2) is 9.68. The first kappa shape index (κ1) is 23.3. The molecule has 5 rings (SSSR count). The molecule has 1 aromatic carbocycles. The number of halogens is 1. The molecule has 7 nitrogen and oxygen atoms in total. The fourth-order valence-electron chi connectivity index (χ4n) is 5.04. The SMILES string of the molecule is COc1ccc(Cl)cc1NC(=O)C(C)n1c(CN2CCCC2)nc2sc3c(c2c1=O)CCCC3. The number of hydrogen-bond acceptors (Lipinski definition) is 6. The highest BCUT2D eigenvalue weighted by molar-refractivity contribution is 7.18. The van der Waals surface area contributed by atoms with Crippen LogP contribution < -0.4 is 15.6 Å². The van der Waals surface area contributed by atoms with Crippen LogP contribution in [0.4, 0.5) is 5.69 Å². The molecule has 0 radical (unpaired) electrons. The topological polar surface area (TPSA) is 76.5 Å². The van der Waals surface area contributed by atoms with E-state index in [1.807, 2.05) is 0 Å². The molecule has 1 amide bonds. The van der Waals surface area contributed by atoms with Crippen molar-refractivity contribution in [2.75, 3.05) is 25.5 Å². The zero-order valence-electron chi connectivity index (χ0n) is 19.5. The summed E-state index contributed by atoms with van der Waals surface area (Å²) < 4.78 is 6.98. The minimum Gasteiger partial charge on any atom is -0.495 e. The molecule has 1 fully saturated rings. The van der Waals surface area contributed by atoms with E-state index in [2.05, 4.69) is 10.2 Å². The van der Waals surface area contributed by atoms with Crippen LogP contribution in [0.2, 0.25) is 5.02 Å². The lowest BCUT2D eigenvalue weighted by molar-refractivity contribution is -0.119. The van der Waals surface area contributed by atoms with Gasteiger partial charge >= 0.3 is 0 Å². The second-order valence-corrected chi connectivity index (χ2v) is 10.6. The summed E-state index contributed by atoms with van der Waals surface area (Å²) in [4.78, 5) is 36.7. The molecule has 0 bridgehead atoms. The molecule has 3 heterocycles. The first-order valence-corrected chi connectivity index (χ1v) is 13.1. The molecule has 3 aromatic rings. The monoisotopic (exact) mass is 500 g/mol. The third-order valence-electron chi connectivity index (χ3n) is 6.84. The zero-order valence-corrected chi connectivity index (χ0v) is 21.1. The number of nitrogens with one attached hydrogen (secondary N) is 1. The molecule has 1 atom stereocenters. The number of aromatic nitrogens is 2. The smallest absolute Gasteiger partial charge is 0.263 e. The maximum atomic E-state index is 13.9. The molecule has 0 saturated carbocycles. The van der Waals surface area contributed by atoms with E-state index in [0.29, 0.717) is 34.2 Å². The number of rotatable bonds is 6. The van der Waals surface area contributed by atoms with Crippen LogP contribution in [0.1, 0.15) is 54.9 Å². The number of fused-ring (bicyclic) bond motifs is 3. The summed E-state index contributed by atoms with van der Waals surface area (Å²) in [5.41, 5.74) is 1.50. The lowest BCUT2D eigenvalue weighted by Gasteiger charge is -2.22. The van der Waals surface area contributed by atoms with Crippen LogP contribution in [-0.4, -0.2) is 40.6 Å². The van der Waals surface area contributed by atoms with Crippen molar-refractivity contribution in [3.8, 4) is 5.75 Å². The lowest BCUT2D eigenvalue weighted by Crippen LogP contribution is -2.36. The van der Waals surface area contributed by atoms with Crippen LogP contribution in [-0.2, 0) is 24.2 Å². The Balaban J connectivity index is 1.57. The molecule has 180 valence electrons. The number of thiophene rings is 1. The maximum Gasteiger partial charge on any atom is 0.263 e. The van der Waals surface area contributed by atoms with Crippen molar-refractivity contribution in [3.63, 3.8) is 0 Å². The van der Waals surface area contributed by atoms with Gasteiger partial charge in [0.05, 0.1) is 24.7 Å². The second-order valence-electron chi connectivity index (χ2n) is 9.09. The zero-order chi connectivity index (χ0) is 23.8. The van der Waals surface area contributed by atoms with Gasteiger partial charge in [-0.1, -0.05) is 11.6 Å². The highest BCUT2D eigenvalue weighted by atomic mass is 35.5. The van der Waals surface area contributed by atoms with E-state index in [1.165, 1.54) is 4.88 Å². The Labute approximate surface area is 207 Å². The van der Waals surface area contributed by atoms with Gasteiger partial charge in [0.15, 0.2) is 0 Å². The predicted octanol–water partition coefficient (Wildman–Crippen LogP) is 4.79. The van der Waals surface area contributed by atoms with Gasteiger partial charge in [-0.2, -0.15) is 0 Å². The van der Waals surface area contributed by atoms with Gasteiger partial charge < -0.3 is 10.1 Å². The summed E-state index contributed by atoms with van der Waals surface area (Å²) in [5, 5.41) is 4.09. The van der Waals surface area contributed by atoms with Crippen LogP contribution in [0.5, 0.6) is 5.75 Å². The van der Waals surface area contributed by atoms with Crippen LogP contribution in [0.25, 0.3) is 10.2 Å². The van der Waals surface area contributed by atoms with Gasteiger partial charge in [0.2, 0.25) is 5.91 Å². The van der Waals surface area contributed by atoms with Crippen LogP contribution in [0, 0.1) is 0 Å². The Morgan fingerprint density at radius 1 is 1.24 bits per heavy atom. The maximum absolute atomic E-state index is 13.9. The number of benzene rings is 1. The molecular weight excluding hydrogens is 472 g/mol. The minimum absolute atomic E-state index is 0.112. The number of carbonyl (C=O) groups excluding carboxylic acids is 1. The summed E-state index contributed by atoms with van der Waals surface area (Å²) in [7, 11) is 1.54. The van der Waals surface area contributed by atoms with Crippen molar-refractivity contribution >= 4 is 44.7 Å². The molecule has 2 aromatic heterocycles. The number of nitrogens with zero attached hydrogens (tertiary/aromatic N) is 3. The van der Waals surface area contributed by atoms with Gasteiger partial charge in [-0.3, -0.25) is 19.1 Å². The molecule has 1 saturated heterocycles. The molecule has 34 heavy (non-hydrogen) atoms.